The van der Waals surface area contributed by atoms with Gasteiger partial charge < -0.3 is 4.84 Å². The van der Waals surface area contributed by atoms with E-state index < -0.39 is 0 Å². The van der Waals surface area contributed by atoms with Gasteiger partial charge in [0.15, 0.2) is 5.78 Å². The summed E-state index contributed by atoms with van der Waals surface area (Å²) in [5.41, 5.74) is 1.41. The summed E-state index contributed by atoms with van der Waals surface area (Å²) in [5, 5.41) is 4.86. The number of nitrogens with zero attached hydrogens (tertiary/aromatic N) is 1. The van der Waals surface area contributed by atoms with Gasteiger partial charge in [0.1, 0.15) is 6.61 Å². The molecule has 0 aliphatic rings. The lowest BCUT2D eigenvalue weighted by atomic mass is 10.1. The molecule has 0 bridgehead atoms. The lowest BCUT2D eigenvalue weighted by Gasteiger charge is -2.03. The standard InChI is InChI=1S/C16H12BrCl2NO2/c17-13-4-1-11(2-5-13)16(21)7-8-20-22-10-12-3-6-14(18)9-15(12)19/h1-6,8-9H,7,10H2/b20-8-. The molecule has 0 aromatic heterocycles. The van der Waals surface area contributed by atoms with E-state index in [0.717, 1.165) is 10.0 Å². The molecule has 0 saturated heterocycles. The summed E-state index contributed by atoms with van der Waals surface area (Å²) in [6.45, 7) is 0.221. The molecule has 0 atom stereocenters. The van der Waals surface area contributed by atoms with E-state index in [4.69, 9.17) is 28.0 Å². The molecule has 0 N–H and O–H groups in total. The molecule has 0 spiro atoms. The quantitative estimate of drug-likeness (QED) is 0.363. The Hall–Kier alpha value is -1.36. The molecule has 2 aromatic rings. The number of carbonyl (C=O) groups excluding carboxylic acids is 1. The summed E-state index contributed by atoms with van der Waals surface area (Å²) in [7, 11) is 0. The zero-order chi connectivity index (χ0) is 15.9. The van der Waals surface area contributed by atoms with Crippen molar-refractivity contribution in [2.24, 2.45) is 5.16 Å². The summed E-state index contributed by atoms with van der Waals surface area (Å²) >= 11 is 15.1. The fourth-order valence-corrected chi connectivity index (χ4v) is 2.40. The molecule has 2 aromatic carbocycles. The van der Waals surface area contributed by atoms with Crippen molar-refractivity contribution in [1.82, 2.24) is 0 Å². The first-order valence-electron chi connectivity index (χ1n) is 6.43. The molecule has 0 saturated carbocycles. The minimum atomic E-state index is -0.0237. The molecule has 0 unspecified atom stereocenters. The Morgan fingerprint density at radius 2 is 1.91 bits per heavy atom. The van der Waals surface area contributed by atoms with E-state index in [9.17, 15) is 4.79 Å². The predicted octanol–water partition coefficient (Wildman–Crippen LogP) is 5.53. The van der Waals surface area contributed by atoms with Crippen LogP contribution in [0.1, 0.15) is 22.3 Å². The molecule has 0 aliphatic heterocycles. The van der Waals surface area contributed by atoms with Crippen LogP contribution in [0.4, 0.5) is 0 Å². The fourth-order valence-electron chi connectivity index (χ4n) is 1.67. The van der Waals surface area contributed by atoms with Gasteiger partial charge in [-0.2, -0.15) is 0 Å². The SMILES string of the molecule is O=C(C/C=N\OCc1ccc(Cl)cc1Cl)c1ccc(Br)cc1. The topological polar surface area (TPSA) is 38.7 Å². The Bertz CT molecular complexity index is 687. The molecule has 0 heterocycles. The average molecular weight is 401 g/mol. The molecule has 6 heteroatoms. The molecule has 0 radical (unpaired) electrons. The smallest absolute Gasteiger partial charge is 0.168 e. The second kappa shape index (κ2) is 8.32. The van der Waals surface area contributed by atoms with Crippen LogP contribution in [0.5, 0.6) is 0 Å². The number of hydrogen-bond donors (Lipinski definition) is 0. The Labute approximate surface area is 147 Å². The van der Waals surface area contributed by atoms with Crippen LogP contribution in [0.3, 0.4) is 0 Å². The fraction of sp³-hybridized carbons (Fsp3) is 0.125. The van der Waals surface area contributed by atoms with Gasteiger partial charge in [0.2, 0.25) is 0 Å². The molecule has 2 rings (SSSR count). The van der Waals surface area contributed by atoms with E-state index in [1.54, 1.807) is 30.3 Å². The van der Waals surface area contributed by atoms with Gasteiger partial charge in [0.05, 0.1) is 6.21 Å². The number of hydrogen-bond acceptors (Lipinski definition) is 3. The Morgan fingerprint density at radius 1 is 1.18 bits per heavy atom. The highest BCUT2D eigenvalue weighted by atomic mass is 79.9. The second-order valence-electron chi connectivity index (χ2n) is 4.43. The molecular formula is C16H12BrCl2NO2. The number of Topliss-reactive ketones (excluding diaryl/α,β-unsaturated/α-hetero) is 1. The first kappa shape index (κ1) is 17.0. The van der Waals surface area contributed by atoms with E-state index >= 15 is 0 Å². The summed E-state index contributed by atoms with van der Waals surface area (Å²) in [5.74, 6) is -0.0237. The second-order valence-corrected chi connectivity index (χ2v) is 6.19. The summed E-state index contributed by atoms with van der Waals surface area (Å²) < 4.78 is 0.931. The first-order valence-corrected chi connectivity index (χ1v) is 7.97. The van der Waals surface area contributed by atoms with Crippen LogP contribution in [0, 0.1) is 0 Å². The molecule has 114 valence electrons. The van der Waals surface area contributed by atoms with Gasteiger partial charge in [-0.1, -0.05) is 62.5 Å². The van der Waals surface area contributed by atoms with Gasteiger partial charge in [-0.3, -0.25) is 4.79 Å². The van der Waals surface area contributed by atoms with Crippen molar-refractivity contribution in [1.29, 1.82) is 0 Å². The Kier molecular flexibility index (Phi) is 6.43. The lowest BCUT2D eigenvalue weighted by Crippen LogP contribution is -1.99. The number of benzene rings is 2. The summed E-state index contributed by atoms with van der Waals surface area (Å²) in [4.78, 5) is 17.0. The lowest BCUT2D eigenvalue weighted by molar-refractivity contribution is 0.0996. The van der Waals surface area contributed by atoms with Gasteiger partial charge in [0.25, 0.3) is 0 Å². The number of carbonyl (C=O) groups is 1. The van der Waals surface area contributed by atoms with Gasteiger partial charge in [-0.15, -0.1) is 0 Å². The van der Waals surface area contributed by atoms with Crippen molar-refractivity contribution in [3.8, 4) is 0 Å². The van der Waals surface area contributed by atoms with Crippen molar-refractivity contribution >= 4 is 51.1 Å². The average Bonchev–Trinajstić information content (AvgIpc) is 2.49. The maximum atomic E-state index is 11.9. The van der Waals surface area contributed by atoms with Crippen LogP contribution in [0.2, 0.25) is 10.0 Å². The zero-order valence-corrected chi connectivity index (χ0v) is 14.5. The van der Waals surface area contributed by atoms with Crippen molar-refractivity contribution in [3.63, 3.8) is 0 Å². The normalized spacial score (nSPS) is 10.9. The third-order valence-electron chi connectivity index (χ3n) is 2.83. The van der Waals surface area contributed by atoms with Crippen molar-refractivity contribution in [2.75, 3.05) is 0 Å². The van der Waals surface area contributed by atoms with E-state index in [-0.39, 0.29) is 18.8 Å². The highest BCUT2D eigenvalue weighted by Crippen LogP contribution is 2.21. The van der Waals surface area contributed by atoms with Gasteiger partial charge in [-0.05, 0) is 24.3 Å². The highest BCUT2D eigenvalue weighted by molar-refractivity contribution is 9.10. The largest absolute Gasteiger partial charge is 0.391 e. The monoisotopic (exact) mass is 399 g/mol. The van der Waals surface area contributed by atoms with E-state index in [0.29, 0.717) is 15.6 Å². The molecule has 3 nitrogen and oxygen atoms in total. The number of halogens is 3. The van der Waals surface area contributed by atoms with E-state index in [1.807, 2.05) is 12.1 Å². The highest BCUT2D eigenvalue weighted by Gasteiger charge is 2.04. The van der Waals surface area contributed by atoms with Crippen LogP contribution in [0.15, 0.2) is 52.1 Å². The van der Waals surface area contributed by atoms with Crippen LogP contribution < -0.4 is 0 Å². The number of oxime groups is 1. The van der Waals surface area contributed by atoms with Crippen LogP contribution in [-0.2, 0) is 11.4 Å². The van der Waals surface area contributed by atoms with Gasteiger partial charge >= 0.3 is 0 Å². The minimum Gasteiger partial charge on any atom is -0.391 e. The van der Waals surface area contributed by atoms with E-state index in [2.05, 4.69) is 21.1 Å². The van der Waals surface area contributed by atoms with Crippen molar-refractivity contribution in [2.45, 2.75) is 13.0 Å². The maximum absolute atomic E-state index is 11.9. The predicted molar refractivity (Wildman–Crippen MR) is 92.8 cm³/mol. The third-order valence-corrected chi connectivity index (χ3v) is 3.94. The minimum absolute atomic E-state index is 0.0237. The van der Waals surface area contributed by atoms with Crippen LogP contribution in [0.25, 0.3) is 0 Å². The molecule has 0 amide bonds. The summed E-state index contributed by atoms with van der Waals surface area (Å²) in [6.07, 6.45) is 1.62. The number of ketones is 1. The Balaban J connectivity index is 1.80. The van der Waals surface area contributed by atoms with Gasteiger partial charge in [-0.25, -0.2) is 0 Å². The Morgan fingerprint density at radius 3 is 2.59 bits per heavy atom. The number of rotatable bonds is 6. The van der Waals surface area contributed by atoms with Crippen LogP contribution in [-0.4, -0.2) is 12.0 Å². The van der Waals surface area contributed by atoms with Crippen molar-refractivity contribution < 1.29 is 9.63 Å². The molecule has 0 fully saturated rings. The molecule has 0 aliphatic carbocycles. The zero-order valence-electron chi connectivity index (χ0n) is 11.4. The molecular weight excluding hydrogens is 389 g/mol. The van der Waals surface area contributed by atoms with E-state index in [1.165, 1.54) is 6.21 Å². The first-order chi connectivity index (χ1) is 10.6. The summed E-state index contributed by atoms with van der Waals surface area (Å²) in [6, 6.07) is 12.3. The van der Waals surface area contributed by atoms with Gasteiger partial charge in [0, 0.05) is 32.1 Å². The van der Waals surface area contributed by atoms with Crippen LogP contribution >= 0.6 is 39.1 Å². The maximum Gasteiger partial charge on any atom is 0.168 e. The third kappa shape index (κ3) is 5.13. The van der Waals surface area contributed by atoms with Crippen molar-refractivity contribution in [3.05, 3.63) is 68.1 Å². The molecule has 22 heavy (non-hydrogen) atoms.